The average Bonchev–Trinajstić information content (AvgIpc) is 2.97. The summed E-state index contributed by atoms with van der Waals surface area (Å²) < 4.78 is 15.9. The molecule has 3 rings (SSSR count). The first kappa shape index (κ1) is 13.2. The minimum absolute atomic E-state index is 0.282. The van der Waals surface area contributed by atoms with Crippen LogP contribution in [0, 0.1) is 0 Å². The van der Waals surface area contributed by atoms with Crippen molar-refractivity contribution in [2.75, 3.05) is 19.8 Å². The second-order valence-electron chi connectivity index (χ2n) is 4.61. The van der Waals surface area contributed by atoms with Crippen molar-refractivity contribution in [3.8, 4) is 0 Å². The Kier molecular flexibility index (Phi) is 4.05. The third-order valence-corrected chi connectivity index (χ3v) is 3.14. The second kappa shape index (κ2) is 6.13. The number of rotatable bonds is 4. The van der Waals surface area contributed by atoms with Crippen LogP contribution in [0.3, 0.4) is 0 Å². The molecule has 0 spiro atoms. The van der Waals surface area contributed by atoms with E-state index in [1.54, 1.807) is 0 Å². The molecule has 1 N–H and O–H groups in total. The lowest BCUT2D eigenvalue weighted by atomic mass is 10.1. The van der Waals surface area contributed by atoms with Gasteiger partial charge in [0.05, 0.1) is 32.3 Å². The fourth-order valence-corrected chi connectivity index (χ4v) is 2.08. The van der Waals surface area contributed by atoms with Gasteiger partial charge in [0, 0.05) is 0 Å². The van der Waals surface area contributed by atoms with Gasteiger partial charge in [0.1, 0.15) is 6.10 Å². The van der Waals surface area contributed by atoms with Crippen LogP contribution in [0.2, 0.25) is 0 Å². The molecule has 106 valence electrons. The summed E-state index contributed by atoms with van der Waals surface area (Å²) in [4.78, 5) is 4.26. The monoisotopic (exact) mass is 276 g/mol. The van der Waals surface area contributed by atoms with Gasteiger partial charge in [-0.2, -0.15) is 4.98 Å². The van der Waals surface area contributed by atoms with E-state index in [0.29, 0.717) is 31.5 Å². The third kappa shape index (κ3) is 3.04. The van der Waals surface area contributed by atoms with Crippen LogP contribution in [-0.2, 0) is 15.9 Å². The van der Waals surface area contributed by atoms with Gasteiger partial charge in [-0.25, -0.2) is 0 Å². The van der Waals surface area contributed by atoms with E-state index in [2.05, 4.69) is 10.1 Å². The summed E-state index contributed by atoms with van der Waals surface area (Å²) in [5.41, 5.74) is 0.824. The van der Waals surface area contributed by atoms with Gasteiger partial charge >= 0.3 is 0 Å². The van der Waals surface area contributed by atoms with Crippen LogP contribution >= 0.6 is 0 Å². The maximum atomic E-state index is 10.1. The number of aliphatic hydroxyl groups is 1. The fraction of sp³-hybridized carbons (Fsp3) is 0.429. The Hall–Kier alpha value is -1.76. The summed E-state index contributed by atoms with van der Waals surface area (Å²) in [7, 11) is 0. The molecule has 1 fully saturated rings. The highest BCUT2D eigenvalue weighted by Gasteiger charge is 2.23. The zero-order valence-electron chi connectivity index (χ0n) is 10.9. The second-order valence-corrected chi connectivity index (χ2v) is 4.61. The lowest BCUT2D eigenvalue weighted by molar-refractivity contribution is -0.0941. The van der Waals surface area contributed by atoms with Crippen molar-refractivity contribution in [1.82, 2.24) is 10.1 Å². The molecule has 1 aliphatic rings. The van der Waals surface area contributed by atoms with Crippen molar-refractivity contribution in [2.45, 2.75) is 18.6 Å². The highest BCUT2D eigenvalue weighted by Crippen LogP contribution is 2.21. The van der Waals surface area contributed by atoms with Gasteiger partial charge in [-0.1, -0.05) is 35.5 Å². The molecular formula is C14H16N2O4. The van der Waals surface area contributed by atoms with E-state index >= 15 is 0 Å². The molecule has 0 aliphatic carbocycles. The van der Waals surface area contributed by atoms with Crippen molar-refractivity contribution >= 4 is 0 Å². The molecule has 0 radical (unpaired) electrons. The summed E-state index contributed by atoms with van der Waals surface area (Å²) in [5, 5.41) is 14.0. The first-order chi connectivity index (χ1) is 9.83. The summed E-state index contributed by atoms with van der Waals surface area (Å²) >= 11 is 0. The van der Waals surface area contributed by atoms with Crippen LogP contribution < -0.4 is 0 Å². The van der Waals surface area contributed by atoms with E-state index < -0.39 is 6.10 Å². The molecule has 1 aliphatic heterocycles. The Morgan fingerprint density at radius 2 is 2.10 bits per heavy atom. The van der Waals surface area contributed by atoms with Crippen LogP contribution in [0.4, 0.5) is 0 Å². The van der Waals surface area contributed by atoms with Crippen molar-refractivity contribution in [2.24, 2.45) is 0 Å². The topological polar surface area (TPSA) is 77.6 Å². The first-order valence-electron chi connectivity index (χ1n) is 6.58. The molecule has 6 nitrogen and oxygen atoms in total. The summed E-state index contributed by atoms with van der Waals surface area (Å²) in [6.07, 6.45) is -0.659. The molecular weight excluding hydrogens is 260 g/mol. The number of ether oxygens (including phenoxy) is 2. The normalized spacial score (nSPS) is 20.8. The minimum Gasteiger partial charge on any atom is -0.388 e. The van der Waals surface area contributed by atoms with Crippen molar-refractivity contribution < 1.29 is 19.1 Å². The van der Waals surface area contributed by atoms with Gasteiger partial charge in [-0.3, -0.25) is 0 Å². The molecule has 2 atom stereocenters. The summed E-state index contributed by atoms with van der Waals surface area (Å²) in [6.45, 7) is 1.55. The van der Waals surface area contributed by atoms with E-state index in [9.17, 15) is 5.11 Å². The summed E-state index contributed by atoms with van der Waals surface area (Å²) in [6, 6.07) is 9.39. The van der Waals surface area contributed by atoms with Gasteiger partial charge in [0.15, 0.2) is 0 Å². The lowest BCUT2D eigenvalue weighted by Crippen LogP contribution is -2.22. The Labute approximate surface area is 116 Å². The lowest BCUT2D eigenvalue weighted by Gasteiger charge is -2.19. The molecule has 1 aromatic heterocycles. The average molecular weight is 276 g/mol. The Morgan fingerprint density at radius 3 is 2.85 bits per heavy atom. The van der Waals surface area contributed by atoms with Crippen LogP contribution in [-0.4, -0.2) is 35.1 Å². The van der Waals surface area contributed by atoms with Gasteiger partial charge in [0.2, 0.25) is 11.7 Å². The predicted molar refractivity (Wildman–Crippen MR) is 68.9 cm³/mol. The zero-order valence-corrected chi connectivity index (χ0v) is 10.9. The molecule has 2 aromatic rings. The number of hydrogen-bond donors (Lipinski definition) is 1. The number of aliphatic hydroxyl groups excluding tert-OH is 1. The summed E-state index contributed by atoms with van der Waals surface area (Å²) in [5.74, 6) is 0.866. The van der Waals surface area contributed by atoms with Crippen LogP contribution in [0.5, 0.6) is 0 Å². The highest BCUT2D eigenvalue weighted by atomic mass is 16.6. The van der Waals surface area contributed by atoms with Crippen LogP contribution in [0.25, 0.3) is 0 Å². The maximum Gasteiger partial charge on any atom is 0.229 e. The van der Waals surface area contributed by atoms with Crippen LogP contribution in [0.1, 0.15) is 29.5 Å². The SMILES string of the molecule is OC(Cc1nc(C2COCCO2)no1)c1ccccc1. The van der Waals surface area contributed by atoms with E-state index in [1.165, 1.54) is 0 Å². The quantitative estimate of drug-likeness (QED) is 0.910. The smallest absolute Gasteiger partial charge is 0.229 e. The third-order valence-electron chi connectivity index (χ3n) is 3.14. The Balaban J connectivity index is 1.65. The number of nitrogens with zero attached hydrogens (tertiary/aromatic N) is 2. The van der Waals surface area contributed by atoms with Crippen molar-refractivity contribution in [1.29, 1.82) is 0 Å². The minimum atomic E-state index is -0.659. The van der Waals surface area contributed by atoms with Gasteiger partial charge < -0.3 is 19.1 Å². The van der Waals surface area contributed by atoms with Gasteiger partial charge in [-0.05, 0) is 5.56 Å². The molecule has 0 bridgehead atoms. The largest absolute Gasteiger partial charge is 0.388 e. The van der Waals surface area contributed by atoms with Crippen molar-refractivity contribution in [3.63, 3.8) is 0 Å². The van der Waals surface area contributed by atoms with Gasteiger partial charge in [0.25, 0.3) is 0 Å². The number of hydrogen-bond acceptors (Lipinski definition) is 6. The van der Waals surface area contributed by atoms with Crippen LogP contribution in [0.15, 0.2) is 34.9 Å². The van der Waals surface area contributed by atoms with E-state index in [1.807, 2.05) is 30.3 Å². The molecule has 2 unspecified atom stereocenters. The maximum absolute atomic E-state index is 10.1. The highest BCUT2D eigenvalue weighted by molar-refractivity contribution is 5.18. The molecule has 20 heavy (non-hydrogen) atoms. The predicted octanol–water partition coefficient (Wildman–Crippen LogP) is 1.43. The fourth-order valence-electron chi connectivity index (χ4n) is 2.08. The number of benzene rings is 1. The molecule has 6 heteroatoms. The molecule has 1 saturated heterocycles. The van der Waals surface area contributed by atoms with E-state index in [-0.39, 0.29) is 12.5 Å². The molecule has 0 saturated carbocycles. The first-order valence-corrected chi connectivity index (χ1v) is 6.58. The van der Waals surface area contributed by atoms with Gasteiger partial charge in [-0.15, -0.1) is 0 Å². The van der Waals surface area contributed by atoms with E-state index in [0.717, 1.165) is 5.56 Å². The van der Waals surface area contributed by atoms with Crippen molar-refractivity contribution in [3.05, 3.63) is 47.6 Å². The molecule has 2 heterocycles. The number of aromatic nitrogens is 2. The molecule has 1 aromatic carbocycles. The Morgan fingerprint density at radius 1 is 1.25 bits per heavy atom. The zero-order chi connectivity index (χ0) is 13.8. The Bertz CT molecular complexity index is 537. The molecule has 0 amide bonds. The standard InChI is InChI=1S/C14H16N2O4/c17-11(10-4-2-1-3-5-10)8-13-15-14(16-20-13)12-9-18-6-7-19-12/h1-5,11-12,17H,6-9H2. The van der Waals surface area contributed by atoms with E-state index in [4.69, 9.17) is 14.0 Å².